The van der Waals surface area contributed by atoms with Gasteiger partial charge in [0, 0.05) is 13.1 Å². The van der Waals surface area contributed by atoms with E-state index in [9.17, 15) is 24.3 Å². The SMILES string of the molecule is CCC(C)C(NC(=O)C(CCSC)NC(=O)C(N)CCCN=C(N)N)C(=O)N1CCCC1C(=O)O. The molecule has 0 aromatic carbocycles. The van der Waals surface area contributed by atoms with E-state index in [1.165, 1.54) is 16.7 Å². The lowest BCUT2D eigenvalue weighted by Crippen LogP contribution is -2.58. The number of carboxylic acid groups (broad SMARTS) is 1. The molecule has 9 N–H and O–H groups in total. The molecular weight excluding hydrogens is 474 g/mol. The first kappa shape index (κ1) is 30.5. The molecule has 1 aliphatic heterocycles. The minimum atomic E-state index is -1.05. The summed E-state index contributed by atoms with van der Waals surface area (Å²) in [6, 6.07) is -3.52. The van der Waals surface area contributed by atoms with Crippen molar-refractivity contribution in [2.75, 3.05) is 25.1 Å². The van der Waals surface area contributed by atoms with Gasteiger partial charge in [-0.3, -0.25) is 19.4 Å². The Kier molecular flexibility index (Phi) is 13.5. The van der Waals surface area contributed by atoms with E-state index in [1.807, 2.05) is 20.1 Å². The van der Waals surface area contributed by atoms with Crippen LogP contribution in [0.3, 0.4) is 0 Å². The maximum atomic E-state index is 13.3. The summed E-state index contributed by atoms with van der Waals surface area (Å²) < 4.78 is 0. The van der Waals surface area contributed by atoms with Crippen molar-refractivity contribution < 1.29 is 24.3 Å². The first-order chi connectivity index (χ1) is 16.5. The highest BCUT2D eigenvalue weighted by molar-refractivity contribution is 7.98. The second kappa shape index (κ2) is 15.5. The molecule has 0 aromatic heterocycles. The van der Waals surface area contributed by atoms with Crippen LogP contribution in [0.25, 0.3) is 0 Å². The minimum absolute atomic E-state index is 0.0363. The molecule has 35 heavy (non-hydrogen) atoms. The van der Waals surface area contributed by atoms with Gasteiger partial charge in [0.2, 0.25) is 17.7 Å². The summed E-state index contributed by atoms with van der Waals surface area (Å²) in [4.78, 5) is 55.9. The van der Waals surface area contributed by atoms with E-state index in [0.717, 1.165) is 0 Å². The predicted molar refractivity (Wildman–Crippen MR) is 137 cm³/mol. The van der Waals surface area contributed by atoms with E-state index in [0.29, 0.717) is 57.4 Å². The Hall–Kier alpha value is -2.54. The number of thioether (sulfide) groups is 1. The van der Waals surface area contributed by atoms with Gasteiger partial charge in [-0.05, 0) is 50.0 Å². The number of nitrogens with one attached hydrogen (secondary N) is 2. The second-order valence-electron chi connectivity index (χ2n) is 8.80. The molecule has 0 aliphatic carbocycles. The van der Waals surface area contributed by atoms with E-state index in [1.54, 1.807) is 0 Å². The third-order valence-corrected chi connectivity index (χ3v) is 6.79. The van der Waals surface area contributed by atoms with Crippen LogP contribution in [0, 0.1) is 5.92 Å². The Morgan fingerprint density at radius 2 is 1.86 bits per heavy atom. The van der Waals surface area contributed by atoms with Crippen LogP contribution in [0.15, 0.2) is 4.99 Å². The molecule has 0 aromatic rings. The highest BCUT2D eigenvalue weighted by atomic mass is 32.2. The number of aliphatic imine (C=N–C) groups is 1. The summed E-state index contributed by atoms with van der Waals surface area (Å²) >= 11 is 1.52. The zero-order valence-corrected chi connectivity index (χ0v) is 21.7. The number of carbonyl (C=O) groups is 4. The third-order valence-electron chi connectivity index (χ3n) is 6.15. The molecule has 13 heteroatoms. The Bertz CT molecular complexity index is 762. The molecular formula is C22H41N7O5S. The molecule has 5 atom stereocenters. The van der Waals surface area contributed by atoms with Gasteiger partial charge >= 0.3 is 5.97 Å². The maximum absolute atomic E-state index is 13.3. The quantitative estimate of drug-likeness (QED) is 0.0916. The summed E-state index contributed by atoms with van der Waals surface area (Å²) in [5.74, 6) is -2.10. The minimum Gasteiger partial charge on any atom is -0.480 e. The number of rotatable bonds is 15. The van der Waals surface area contributed by atoms with E-state index < -0.39 is 47.9 Å². The topological polar surface area (TPSA) is 206 Å². The number of hydrogen-bond acceptors (Lipinski definition) is 7. The number of likely N-dealkylation sites (tertiary alicyclic amines) is 1. The van der Waals surface area contributed by atoms with Crippen molar-refractivity contribution in [3.8, 4) is 0 Å². The fraction of sp³-hybridized carbons (Fsp3) is 0.773. The zero-order chi connectivity index (χ0) is 26.5. The van der Waals surface area contributed by atoms with Gasteiger partial charge in [-0.2, -0.15) is 11.8 Å². The van der Waals surface area contributed by atoms with Crippen molar-refractivity contribution >= 4 is 41.4 Å². The number of nitrogens with two attached hydrogens (primary N) is 3. The molecule has 0 saturated carbocycles. The monoisotopic (exact) mass is 515 g/mol. The summed E-state index contributed by atoms with van der Waals surface area (Å²) in [6.45, 7) is 4.40. The predicted octanol–water partition coefficient (Wildman–Crippen LogP) is -0.788. The van der Waals surface area contributed by atoms with Crippen molar-refractivity contribution in [3.05, 3.63) is 0 Å². The Balaban J connectivity index is 2.90. The van der Waals surface area contributed by atoms with Crippen LogP contribution in [-0.2, 0) is 19.2 Å². The number of nitrogens with zero attached hydrogens (tertiary/aromatic N) is 2. The molecule has 12 nitrogen and oxygen atoms in total. The molecule has 1 aliphatic rings. The Morgan fingerprint density at radius 1 is 1.17 bits per heavy atom. The summed E-state index contributed by atoms with van der Waals surface area (Å²) in [6.07, 6.45) is 4.65. The first-order valence-electron chi connectivity index (χ1n) is 12.0. The first-order valence-corrected chi connectivity index (χ1v) is 13.4. The van der Waals surface area contributed by atoms with Crippen LogP contribution < -0.4 is 27.8 Å². The molecule has 5 unspecified atom stereocenters. The van der Waals surface area contributed by atoms with Gasteiger partial charge in [0.15, 0.2) is 5.96 Å². The van der Waals surface area contributed by atoms with Gasteiger partial charge in [-0.15, -0.1) is 0 Å². The van der Waals surface area contributed by atoms with Crippen molar-refractivity contribution in [2.45, 2.75) is 76.5 Å². The van der Waals surface area contributed by atoms with Gasteiger partial charge in [0.25, 0.3) is 0 Å². The van der Waals surface area contributed by atoms with Gasteiger partial charge < -0.3 is 37.8 Å². The van der Waals surface area contributed by atoms with E-state index in [4.69, 9.17) is 17.2 Å². The second-order valence-corrected chi connectivity index (χ2v) is 9.78. The highest BCUT2D eigenvalue weighted by Crippen LogP contribution is 2.21. The number of carbonyl (C=O) groups excluding carboxylic acids is 3. The molecule has 200 valence electrons. The van der Waals surface area contributed by atoms with Crippen LogP contribution in [0.5, 0.6) is 0 Å². The Morgan fingerprint density at radius 3 is 2.43 bits per heavy atom. The van der Waals surface area contributed by atoms with Crippen molar-refractivity contribution in [3.63, 3.8) is 0 Å². The molecule has 1 fully saturated rings. The normalized spacial score (nSPS) is 18.7. The summed E-state index contributed by atoms with van der Waals surface area (Å²) in [5.41, 5.74) is 16.5. The standard InChI is InChI=1S/C22H41N7O5S/c1-4-13(2)17(20(32)29-11-6-8-16(29)21(33)34)28-19(31)15(9-12-35-3)27-18(30)14(23)7-5-10-26-22(24)25/h13-17H,4-12,23H2,1-3H3,(H,27,30)(H,28,31)(H,33,34)(H4,24,25,26). The number of carboxylic acids is 1. The van der Waals surface area contributed by atoms with Gasteiger partial charge in [-0.25, -0.2) is 4.79 Å². The fourth-order valence-electron chi connectivity index (χ4n) is 3.84. The van der Waals surface area contributed by atoms with Crippen molar-refractivity contribution in [1.29, 1.82) is 0 Å². The molecule has 1 saturated heterocycles. The smallest absolute Gasteiger partial charge is 0.326 e. The highest BCUT2D eigenvalue weighted by Gasteiger charge is 2.39. The number of aliphatic carboxylic acids is 1. The Labute approximate surface area is 211 Å². The molecule has 0 spiro atoms. The van der Waals surface area contributed by atoms with E-state index in [-0.39, 0.29) is 11.9 Å². The third kappa shape index (κ3) is 9.92. The largest absolute Gasteiger partial charge is 0.480 e. The van der Waals surface area contributed by atoms with Crippen LogP contribution in [-0.4, -0.2) is 88.9 Å². The van der Waals surface area contributed by atoms with Gasteiger partial charge in [0.05, 0.1) is 6.04 Å². The number of hydrogen-bond donors (Lipinski definition) is 6. The molecule has 3 amide bonds. The van der Waals surface area contributed by atoms with Gasteiger partial charge in [-0.1, -0.05) is 20.3 Å². The lowest BCUT2D eigenvalue weighted by Gasteiger charge is -2.31. The molecule has 0 bridgehead atoms. The molecule has 1 heterocycles. The van der Waals surface area contributed by atoms with E-state index in [2.05, 4.69) is 15.6 Å². The molecule has 1 rings (SSSR count). The summed E-state index contributed by atoms with van der Waals surface area (Å²) in [7, 11) is 0. The van der Waals surface area contributed by atoms with E-state index >= 15 is 0 Å². The van der Waals surface area contributed by atoms with Gasteiger partial charge in [0.1, 0.15) is 18.1 Å². The van der Waals surface area contributed by atoms with Crippen LogP contribution in [0.1, 0.15) is 52.4 Å². The van der Waals surface area contributed by atoms with Crippen molar-refractivity contribution in [1.82, 2.24) is 15.5 Å². The number of guanidine groups is 1. The lowest BCUT2D eigenvalue weighted by molar-refractivity contribution is -0.150. The lowest BCUT2D eigenvalue weighted by atomic mass is 9.96. The van der Waals surface area contributed by atoms with Crippen LogP contribution in [0.4, 0.5) is 0 Å². The average molecular weight is 516 g/mol. The van der Waals surface area contributed by atoms with Crippen LogP contribution in [0.2, 0.25) is 0 Å². The zero-order valence-electron chi connectivity index (χ0n) is 20.9. The average Bonchev–Trinajstić information content (AvgIpc) is 3.31. The molecule has 0 radical (unpaired) electrons. The maximum Gasteiger partial charge on any atom is 0.326 e. The fourth-order valence-corrected chi connectivity index (χ4v) is 4.31. The summed E-state index contributed by atoms with van der Waals surface area (Å²) in [5, 5.41) is 15.0. The number of amides is 3. The van der Waals surface area contributed by atoms with Crippen LogP contribution >= 0.6 is 11.8 Å². The van der Waals surface area contributed by atoms with Crippen molar-refractivity contribution in [2.24, 2.45) is 28.1 Å².